The Labute approximate surface area is 156 Å². The third kappa shape index (κ3) is 4.50. The van der Waals surface area contributed by atoms with E-state index in [2.05, 4.69) is 11.4 Å². The van der Waals surface area contributed by atoms with Crippen LogP contribution in [-0.4, -0.2) is 12.5 Å². The first-order valence-corrected chi connectivity index (χ1v) is 9.06. The molecule has 0 aliphatic heterocycles. The molecule has 0 saturated carbocycles. The molecule has 0 fully saturated rings. The number of hydrogen-bond donors (Lipinski definition) is 1. The number of carbonyl (C=O) groups excluding carboxylic acids is 1. The van der Waals surface area contributed by atoms with Crippen molar-refractivity contribution in [3.05, 3.63) is 87.6 Å². The third-order valence-corrected chi connectivity index (χ3v) is 4.81. The molecule has 3 rings (SSSR count). The molecule has 1 aromatic heterocycles. The molecule has 0 spiro atoms. The Morgan fingerprint density at radius 2 is 2.00 bits per heavy atom. The fourth-order valence-corrected chi connectivity index (χ4v) is 3.34. The van der Waals surface area contributed by atoms with E-state index in [1.807, 2.05) is 48.7 Å². The van der Waals surface area contributed by atoms with Crippen LogP contribution >= 0.6 is 11.3 Å². The van der Waals surface area contributed by atoms with E-state index in [-0.39, 0.29) is 18.6 Å². The van der Waals surface area contributed by atoms with Gasteiger partial charge >= 0.3 is 0 Å². The number of nitrogens with one attached hydrogen (secondary N) is 1. The van der Waals surface area contributed by atoms with Crippen molar-refractivity contribution in [1.29, 1.82) is 5.26 Å². The van der Waals surface area contributed by atoms with E-state index in [0.29, 0.717) is 11.3 Å². The normalized spacial score (nSPS) is 11.4. The Hall–Kier alpha value is -3.10. The molecule has 4 nitrogen and oxygen atoms in total. The van der Waals surface area contributed by atoms with Crippen molar-refractivity contribution < 1.29 is 9.53 Å². The molecule has 0 bridgehead atoms. The molecule has 3 aromatic rings. The van der Waals surface area contributed by atoms with E-state index >= 15 is 0 Å². The maximum Gasteiger partial charge on any atom is 0.258 e. The zero-order valence-corrected chi connectivity index (χ0v) is 15.1. The van der Waals surface area contributed by atoms with Crippen molar-refractivity contribution in [2.75, 3.05) is 6.61 Å². The van der Waals surface area contributed by atoms with Gasteiger partial charge in [-0.1, -0.05) is 42.0 Å². The van der Waals surface area contributed by atoms with Crippen LogP contribution in [-0.2, 0) is 4.79 Å². The lowest BCUT2D eigenvalue weighted by molar-refractivity contribution is -0.123. The first-order chi connectivity index (χ1) is 12.7. The summed E-state index contributed by atoms with van der Waals surface area (Å²) in [7, 11) is 0. The van der Waals surface area contributed by atoms with E-state index in [1.54, 1.807) is 35.6 Å². The molecule has 130 valence electrons. The average Bonchev–Trinajstić information content (AvgIpc) is 3.20. The van der Waals surface area contributed by atoms with Crippen molar-refractivity contribution in [3.8, 4) is 11.8 Å². The fraction of sp³-hybridized carbons (Fsp3) is 0.143. The van der Waals surface area contributed by atoms with Crippen LogP contribution in [0.3, 0.4) is 0 Å². The number of nitriles is 1. The molecule has 0 saturated heterocycles. The number of thiophene rings is 1. The van der Waals surface area contributed by atoms with Gasteiger partial charge in [-0.25, -0.2) is 0 Å². The molecule has 5 heteroatoms. The van der Waals surface area contributed by atoms with E-state index in [4.69, 9.17) is 10.00 Å². The zero-order chi connectivity index (χ0) is 18.4. The SMILES string of the molecule is Cc1ccc([C@@H](NC(=O)COc2cccc(C#N)c2)c2cccs2)cc1. The number of carbonyl (C=O) groups is 1. The third-order valence-electron chi connectivity index (χ3n) is 3.88. The quantitative estimate of drug-likeness (QED) is 0.714. The first kappa shape index (κ1) is 17.7. The van der Waals surface area contributed by atoms with Crippen molar-refractivity contribution >= 4 is 17.2 Å². The molecular formula is C21H18N2O2S. The van der Waals surface area contributed by atoms with Crippen LogP contribution in [0.2, 0.25) is 0 Å². The fourth-order valence-electron chi connectivity index (χ4n) is 2.54. The lowest BCUT2D eigenvalue weighted by Crippen LogP contribution is -2.32. The first-order valence-electron chi connectivity index (χ1n) is 8.18. The summed E-state index contributed by atoms with van der Waals surface area (Å²) in [5.41, 5.74) is 2.70. The number of nitrogens with zero attached hydrogens (tertiary/aromatic N) is 1. The minimum Gasteiger partial charge on any atom is -0.484 e. The second-order valence-electron chi connectivity index (χ2n) is 5.85. The summed E-state index contributed by atoms with van der Waals surface area (Å²) in [5, 5.41) is 14.0. The van der Waals surface area contributed by atoms with Crippen molar-refractivity contribution in [1.82, 2.24) is 5.32 Å². The Bertz CT molecular complexity index is 912. The van der Waals surface area contributed by atoms with Crippen LogP contribution in [0.5, 0.6) is 5.75 Å². The minimum absolute atomic E-state index is 0.109. The number of hydrogen-bond acceptors (Lipinski definition) is 4. The zero-order valence-electron chi connectivity index (χ0n) is 14.3. The maximum absolute atomic E-state index is 12.4. The number of ether oxygens (including phenoxy) is 1. The molecular weight excluding hydrogens is 344 g/mol. The molecule has 26 heavy (non-hydrogen) atoms. The number of aryl methyl sites for hydroxylation is 1. The van der Waals surface area contributed by atoms with Gasteiger partial charge in [0.2, 0.25) is 0 Å². The second kappa shape index (κ2) is 8.32. The van der Waals surface area contributed by atoms with Gasteiger partial charge in [0.15, 0.2) is 6.61 Å². The predicted molar refractivity (Wildman–Crippen MR) is 102 cm³/mol. The molecule has 1 N–H and O–H groups in total. The van der Waals surface area contributed by atoms with Gasteiger partial charge < -0.3 is 10.1 Å². The predicted octanol–water partition coefficient (Wildman–Crippen LogP) is 4.21. The maximum atomic E-state index is 12.4. The molecule has 0 unspecified atom stereocenters. The highest BCUT2D eigenvalue weighted by atomic mass is 32.1. The Morgan fingerprint density at radius 1 is 1.19 bits per heavy atom. The topological polar surface area (TPSA) is 62.1 Å². The van der Waals surface area contributed by atoms with E-state index in [1.165, 1.54) is 5.56 Å². The summed E-state index contributed by atoms with van der Waals surface area (Å²) < 4.78 is 5.52. The van der Waals surface area contributed by atoms with Crippen LogP contribution in [0, 0.1) is 18.3 Å². The molecule has 2 aromatic carbocycles. The minimum atomic E-state index is -0.216. The van der Waals surface area contributed by atoms with Gasteiger partial charge in [-0.2, -0.15) is 5.26 Å². The van der Waals surface area contributed by atoms with Crippen molar-refractivity contribution in [2.24, 2.45) is 0 Å². The summed E-state index contributed by atoms with van der Waals surface area (Å²) >= 11 is 1.60. The van der Waals surface area contributed by atoms with Crippen LogP contribution in [0.25, 0.3) is 0 Å². The summed E-state index contributed by atoms with van der Waals surface area (Å²) in [6.07, 6.45) is 0. The van der Waals surface area contributed by atoms with Crippen LogP contribution < -0.4 is 10.1 Å². The van der Waals surface area contributed by atoms with Gasteiger partial charge in [-0.05, 0) is 42.1 Å². The van der Waals surface area contributed by atoms with Gasteiger partial charge in [-0.3, -0.25) is 4.79 Å². The lowest BCUT2D eigenvalue weighted by Gasteiger charge is -2.18. The molecule has 1 atom stereocenters. The van der Waals surface area contributed by atoms with E-state index < -0.39 is 0 Å². The van der Waals surface area contributed by atoms with Gasteiger partial charge in [0.25, 0.3) is 5.91 Å². The van der Waals surface area contributed by atoms with Crippen molar-refractivity contribution in [2.45, 2.75) is 13.0 Å². The van der Waals surface area contributed by atoms with Gasteiger partial charge in [0, 0.05) is 4.88 Å². The van der Waals surface area contributed by atoms with Gasteiger partial charge in [-0.15, -0.1) is 11.3 Å². The highest BCUT2D eigenvalue weighted by molar-refractivity contribution is 7.10. The summed E-state index contributed by atoms with van der Waals surface area (Å²) in [4.78, 5) is 13.5. The van der Waals surface area contributed by atoms with Crippen LogP contribution in [0.1, 0.15) is 27.6 Å². The highest BCUT2D eigenvalue weighted by Crippen LogP contribution is 2.26. The second-order valence-corrected chi connectivity index (χ2v) is 6.83. The summed E-state index contributed by atoms with van der Waals surface area (Å²) in [6, 6.07) is 20.7. The molecule has 0 radical (unpaired) electrons. The highest BCUT2D eigenvalue weighted by Gasteiger charge is 2.18. The molecule has 0 aliphatic carbocycles. The molecule has 1 heterocycles. The number of benzene rings is 2. The Kier molecular flexibility index (Phi) is 5.67. The van der Waals surface area contributed by atoms with Crippen molar-refractivity contribution in [3.63, 3.8) is 0 Å². The molecule has 0 aliphatic rings. The van der Waals surface area contributed by atoms with Crippen LogP contribution in [0.4, 0.5) is 0 Å². The van der Waals surface area contributed by atoms with Crippen LogP contribution in [0.15, 0.2) is 66.0 Å². The number of amides is 1. The van der Waals surface area contributed by atoms with Gasteiger partial charge in [0.1, 0.15) is 5.75 Å². The monoisotopic (exact) mass is 362 g/mol. The summed E-state index contributed by atoms with van der Waals surface area (Å²) in [6.45, 7) is 1.92. The Balaban J connectivity index is 1.69. The largest absolute Gasteiger partial charge is 0.484 e. The summed E-state index contributed by atoms with van der Waals surface area (Å²) in [5.74, 6) is 0.286. The Morgan fingerprint density at radius 3 is 2.69 bits per heavy atom. The lowest BCUT2D eigenvalue weighted by atomic mass is 10.0. The standard InChI is InChI=1S/C21H18N2O2S/c1-15-7-9-17(10-8-15)21(19-6-3-11-26-19)23-20(24)14-25-18-5-2-4-16(12-18)13-22/h2-12,21H,14H2,1H3,(H,23,24)/t21-/m1/s1. The van der Waals surface area contributed by atoms with E-state index in [9.17, 15) is 4.79 Å². The average molecular weight is 362 g/mol. The molecule has 1 amide bonds. The van der Waals surface area contributed by atoms with E-state index in [0.717, 1.165) is 10.4 Å². The number of rotatable bonds is 6. The van der Waals surface area contributed by atoms with Gasteiger partial charge in [0.05, 0.1) is 17.7 Å². The smallest absolute Gasteiger partial charge is 0.258 e.